The number of fused-ring (bicyclic) bond motifs is 1. The number of phenols is 1. The average molecular weight is 733 g/mol. The van der Waals surface area contributed by atoms with Crippen LogP contribution in [-0.4, -0.2) is 76.4 Å². The summed E-state index contributed by atoms with van der Waals surface area (Å²) in [5, 5.41) is 39.7. The largest absolute Gasteiger partial charge is 0.506 e. The van der Waals surface area contributed by atoms with Gasteiger partial charge in [0.25, 0.3) is 5.91 Å². The molecule has 11 nitrogen and oxygen atoms in total. The lowest BCUT2D eigenvalue weighted by atomic mass is 9.85. The summed E-state index contributed by atoms with van der Waals surface area (Å²) in [6, 6.07) is 31.5. The Morgan fingerprint density at radius 2 is 1.57 bits per heavy atom. The second-order valence-corrected chi connectivity index (χ2v) is 13.9. The van der Waals surface area contributed by atoms with Crippen molar-refractivity contribution in [3.8, 4) is 5.75 Å². The van der Waals surface area contributed by atoms with Gasteiger partial charge in [-0.2, -0.15) is 0 Å². The zero-order valence-electron chi connectivity index (χ0n) is 30.2. The third kappa shape index (κ3) is 9.42. The van der Waals surface area contributed by atoms with E-state index >= 15 is 0 Å². The molecule has 2 atom stereocenters. The summed E-state index contributed by atoms with van der Waals surface area (Å²) in [7, 11) is 0. The fourth-order valence-electron chi connectivity index (χ4n) is 7.00. The first-order chi connectivity index (χ1) is 26.2. The molecule has 54 heavy (non-hydrogen) atoms. The highest BCUT2D eigenvalue weighted by atomic mass is 16.5. The fraction of sp³-hybridized carbons (Fsp3) is 0.326. The van der Waals surface area contributed by atoms with E-state index in [1.807, 2.05) is 24.3 Å². The van der Waals surface area contributed by atoms with E-state index in [0.29, 0.717) is 41.6 Å². The van der Waals surface area contributed by atoms with Gasteiger partial charge in [0.15, 0.2) is 0 Å². The molecule has 1 aliphatic rings. The topological polar surface area (TPSA) is 164 Å². The number of benzene rings is 4. The highest BCUT2D eigenvalue weighted by Gasteiger charge is 2.42. The number of piperidine rings is 1. The van der Waals surface area contributed by atoms with Crippen molar-refractivity contribution in [2.24, 2.45) is 5.92 Å². The lowest BCUT2D eigenvalue weighted by Gasteiger charge is -2.33. The standard InChI is InChI=1S/C43H48N4O7/c48-37-18-16-35(36-17-19-39(50)46-40(36)37)38(49)27-44-22-7-8-23-45-41(51)32-12-9-15-34(26-32)43(53,33-13-5-2-6-14-33)42(52)54-29-31-20-24-47(25-21-31)28-30-10-3-1-4-11-30/h1-6,9-19,26,31,38,44,48-49,53H,7-8,20-25,27-29H2,(H,45,51)(H,46,50)/t38-,43?/m0/s1. The van der Waals surface area contributed by atoms with Gasteiger partial charge in [0, 0.05) is 42.2 Å². The van der Waals surface area contributed by atoms with E-state index in [2.05, 4.69) is 32.7 Å². The highest BCUT2D eigenvalue weighted by Crippen LogP contribution is 2.33. The Morgan fingerprint density at radius 3 is 2.33 bits per heavy atom. The first-order valence-electron chi connectivity index (χ1n) is 18.6. The van der Waals surface area contributed by atoms with Crippen molar-refractivity contribution in [1.29, 1.82) is 0 Å². The van der Waals surface area contributed by atoms with Gasteiger partial charge < -0.3 is 35.7 Å². The molecule has 6 N–H and O–H groups in total. The van der Waals surface area contributed by atoms with E-state index in [1.54, 1.807) is 54.6 Å². The minimum atomic E-state index is -2.11. The number of hydrogen-bond donors (Lipinski definition) is 6. The van der Waals surface area contributed by atoms with Crippen LogP contribution in [0.25, 0.3) is 10.9 Å². The van der Waals surface area contributed by atoms with Gasteiger partial charge in [-0.3, -0.25) is 14.5 Å². The van der Waals surface area contributed by atoms with Crippen LogP contribution in [0.15, 0.2) is 114 Å². The van der Waals surface area contributed by atoms with Crippen molar-refractivity contribution in [3.63, 3.8) is 0 Å². The van der Waals surface area contributed by atoms with Crippen LogP contribution in [0.4, 0.5) is 0 Å². The number of amides is 1. The van der Waals surface area contributed by atoms with E-state index in [1.165, 1.54) is 23.8 Å². The zero-order valence-corrected chi connectivity index (χ0v) is 30.2. The number of phenolic OH excluding ortho intramolecular Hbond substituents is 1. The van der Waals surface area contributed by atoms with E-state index in [9.17, 15) is 29.7 Å². The van der Waals surface area contributed by atoms with E-state index in [-0.39, 0.29) is 47.4 Å². The minimum absolute atomic E-state index is 0.0633. The Bertz CT molecular complexity index is 2070. The number of ether oxygens (including phenoxy) is 1. The second-order valence-electron chi connectivity index (χ2n) is 13.9. The Morgan fingerprint density at radius 1 is 0.870 bits per heavy atom. The minimum Gasteiger partial charge on any atom is -0.506 e. The van der Waals surface area contributed by atoms with Crippen molar-refractivity contribution >= 4 is 22.8 Å². The molecule has 1 aliphatic heterocycles. The summed E-state index contributed by atoms with van der Waals surface area (Å²) in [6.07, 6.45) is 2.31. The summed E-state index contributed by atoms with van der Waals surface area (Å²) in [4.78, 5) is 43.7. The molecule has 1 fully saturated rings. The molecule has 1 aromatic heterocycles. The Balaban J connectivity index is 0.985. The smallest absolute Gasteiger partial charge is 0.347 e. The SMILES string of the molecule is O=C(NCCCCNC[C@H](O)c1ccc(O)c2[nH]c(=O)ccc12)c1cccc(C(O)(C(=O)OCC2CCN(Cc3ccccc3)CC2)c2ccccc2)c1. The van der Waals surface area contributed by atoms with Gasteiger partial charge in [-0.05, 0) is 92.2 Å². The van der Waals surface area contributed by atoms with Gasteiger partial charge in [-0.1, -0.05) is 78.9 Å². The molecular formula is C43H48N4O7. The van der Waals surface area contributed by atoms with Crippen LogP contribution < -0.4 is 16.2 Å². The van der Waals surface area contributed by atoms with Crippen molar-refractivity contribution in [2.45, 2.75) is 43.9 Å². The number of rotatable bonds is 16. The number of aromatic hydroxyl groups is 1. The maximum absolute atomic E-state index is 13.8. The van der Waals surface area contributed by atoms with Crippen molar-refractivity contribution in [3.05, 3.63) is 147 Å². The summed E-state index contributed by atoms with van der Waals surface area (Å²) in [6.45, 7) is 4.16. The number of likely N-dealkylation sites (tertiary alicyclic amines) is 1. The maximum atomic E-state index is 13.8. The summed E-state index contributed by atoms with van der Waals surface area (Å²) in [5.41, 5.74) is 0.616. The number of aliphatic hydroxyl groups is 2. The Kier molecular flexibility index (Phi) is 12.9. The number of nitrogens with one attached hydrogen (secondary N) is 3. The predicted octanol–water partition coefficient (Wildman–Crippen LogP) is 4.76. The molecule has 6 rings (SSSR count). The summed E-state index contributed by atoms with van der Waals surface area (Å²) < 4.78 is 5.84. The van der Waals surface area contributed by atoms with Gasteiger partial charge in [0.05, 0.1) is 18.2 Å². The third-order valence-corrected chi connectivity index (χ3v) is 10.1. The van der Waals surface area contributed by atoms with Gasteiger partial charge in [-0.15, -0.1) is 0 Å². The first kappa shape index (κ1) is 38.4. The predicted molar refractivity (Wildman–Crippen MR) is 207 cm³/mol. The molecule has 5 aromatic rings. The fourth-order valence-corrected chi connectivity index (χ4v) is 7.00. The highest BCUT2D eigenvalue weighted by molar-refractivity contribution is 5.95. The Labute approximate surface area is 314 Å². The Hall–Kier alpha value is -5.33. The molecule has 1 unspecified atom stereocenters. The number of aromatic nitrogens is 1. The zero-order chi connectivity index (χ0) is 37.9. The van der Waals surface area contributed by atoms with Crippen molar-refractivity contribution in [2.75, 3.05) is 39.3 Å². The number of carbonyl (C=O) groups excluding carboxylic acids is 2. The number of aromatic amines is 1. The molecular weight excluding hydrogens is 684 g/mol. The summed E-state index contributed by atoms with van der Waals surface area (Å²) in [5.74, 6) is -0.981. The molecule has 0 bridgehead atoms. The number of pyridine rings is 1. The number of H-pyrrole nitrogens is 1. The molecule has 11 heteroatoms. The van der Waals surface area contributed by atoms with Gasteiger partial charge in [0.1, 0.15) is 5.75 Å². The van der Waals surface area contributed by atoms with E-state index < -0.39 is 17.7 Å². The molecule has 4 aromatic carbocycles. The maximum Gasteiger partial charge on any atom is 0.347 e. The molecule has 0 radical (unpaired) electrons. The number of nitrogens with zero attached hydrogens (tertiary/aromatic N) is 1. The number of hydrogen-bond acceptors (Lipinski definition) is 9. The van der Waals surface area contributed by atoms with Crippen LogP contribution in [0.3, 0.4) is 0 Å². The number of esters is 1. The number of unbranched alkanes of at least 4 members (excludes halogenated alkanes) is 1. The van der Waals surface area contributed by atoms with Crippen LogP contribution >= 0.6 is 0 Å². The van der Waals surface area contributed by atoms with Crippen LogP contribution in [-0.2, 0) is 21.7 Å². The van der Waals surface area contributed by atoms with Crippen LogP contribution in [0, 0.1) is 5.92 Å². The molecule has 0 aliphatic carbocycles. The third-order valence-electron chi connectivity index (χ3n) is 10.1. The average Bonchev–Trinajstić information content (AvgIpc) is 3.20. The second kappa shape index (κ2) is 18.1. The summed E-state index contributed by atoms with van der Waals surface area (Å²) >= 11 is 0. The van der Waals surface area contributed by atoms with Crippen molar-refractivity contribution in [1.82, 2.24) is 20.5 Å². The monoisotopic (exact) mass is 732 g/mol. The number of aliphatic hydroxyl groups excluding tert-OH is 1. The molecule has 0 spiro atoms. The molecule has 0 saturated carbocycles. The van der Waals surface area contributed by atoms with Gasteiger partial charge in [0.2, 0.25) is 11.2 Å². The quantitative estimate of drug-likeness (QED) is 0.0621. The lowest BCUT2D eigenvalue weighted by molar-refractivity contribution is -0.164. The number of carbonyl (C=O) groups is 2. The molecule has 282 valence electrons. The molecule has 1 saturated heterocycles. The normalized spacial score (nSPS) is 15.4. The first-order valence-corrected chi connectivity index (χ1v) is 18.6. The van der Waals surface area contributed by atoms with E-state index in [4.69, 9.17) is 4.74 Å². The van der Waals surface area contributed by atoms with E-state index in [0.717, 1.165) is 38.9 Å². The molecule has 1 amide bonds. The van der Waals surface area contributed by atoms with Crippen LogP contribution in [0.5, 0.6) is 5.75 Å². The van der Waals surface area contributed by atoms with Gasteiger partial charge in [-0.25, -0.2) is 4.79 Å². The lowest BCUT2D eigenvalue weighted by Crippen LogP contribution is -2.41. The van der Waals surface area contributed by atoms with Crippen LogP contribution in [0.1, 0.15) is 64.4 Å². The van der Waals surface area contributed by atoms with Crippen LogP contribution in [0.2, 0.25) is 0 Å². The van der Waals surface area contributed by atoms with Crippen molar-refractivity contribution < 1.29 is 29.6 Å². The molecule has 2 heterocycles. The van der Waals surface area contributed by atoms with Gasteiger partial charge >= 0.3 is 5.97 Å².